The molecule has 0 aliphatic carbocycles. The van der Waals surface area contributed by atoms with E-state index >= 15 is 0 Å². The van der Waals surface area contributed by atoms with Gasteiger partial charge in [-0.3, -0.25) is 9.10 Å². The summed E-state index contributed by atoms with van der Waals surface area (Å²) in [6, 6.07) is 17.5. The summed E-state index contributed by atoms with van der Waals surface area (Å²) in [6.07, 6.45) is 0. The molecule has 0 saturated heterocycles. The van der Waals surface area contributed by atoms with Crippen LogP contribution in [-0.2, 0) is 19.6 Å². The Balaban J connectivity index is 1.96. The number of amides is 1. The van der Waals surface area contributed by atoms with Gasteiger partial charge in [0.05, 0.1) is 22.8 Å². The number of ether oxygens (including phenoxy) is 1. The number of hydrogen-bond donors (Lipinski definition) is 1. The summed E-state index contributed by atoms with van der Waals surface area (Å²) >= 11 is 6.15. The lowest BCUT2D eigenvalue weighted by molar-refractivity contribution is -0.114. The highest BCUT2D eigenvalue weighted by atomic mass is 35.5. The molecule has 34 heavy (non-hydrogen) atoms. The Morgan fingerprint density at radius 1 is 0.971 bits per heavy atom. The fourth-order valence-electron chi connectivity index (χ4n) is 3.29. The molecule has 0 saturated carbocycles. The first-order valence-electron chi connectivity index (χ1n) is 10.5. The van der Waals surface area contributed by atoms with Gasteiger partial charge in [0.2, 0.25) is 5.91 Å². The fourth-order valence-corrected chi connectivity index (χ4v) is 4.95. The Labute approximate surface area is 204 Å². The van der Waals surface area contributed by atoms with E-state index in [0.717, 1.165) is 4.31 Å². The normalized spacial score (nSPS) is 11.1. The minimum atomic E-state index is -4.08. The summed E-state index contributed by atoms with van der Waals surface area (Å²) in [5, 5.41) is 3.06. The Morgan fingerprint density at radius 2 is 1.65 bits per heavy atom. The number of esters is 1. The highest BCUT2D eigenvalue weighted by molar-refractivity contribution is 7.92. The molecule has 3 rings (SSSR count). The lowest BCUT2D eigenvalue weighted by atomic mass is 10.1. The van der Waals surface area contributed by atoms with Crippen molar-refractivity contribution in [3.05, 3.63) is 88.4 Å². The molecule has 0 aliphatic heterocycles. The molecule has 0 aromatic heterocycles. The maximum atomic E-state index is 13.5. The van der Waals surface area contributed by atoms with Crippen molar-refractivity contribution >= 4 is 44.9 Å². The SMILES string of the molecule is CCOC(=O)c1ccc(C)c(NC(=O)CN(c2cc(Cl)ccc2C)S(=O)(=O)c2ccccc2)c1. The number of rotatable bonds is 8. The van der Waals surface area contributed by atoms with Gasteiger partial charge in [-0.1, -0.05) is 41.9 Å². The van der Waals surface area contributed by atoms with E-state index in [9.17, 15) is 18.0 Å². The number of aryl methyl sites for hydroxylation is 2. The Bertz CT molecular complexity index is 1310. The summed E-state index contributed by atoms with van der Waals surface area (Å²) in [5.41, 5.74) is 2.30. The lowest BCUT2D eigenvalue weighted by Crippen LogP contribution is -2.38. The van der Waals surface area contributed by atoms with Crippen LogP contribution in [0.1, 0.15) is 28.4 Å². The molecule has 0 aliphatic rings. The van der Waals surface area contributed by atoms with Crippen LogP contribution in [0.2, 0.25) is 5.02 Å². The van der Waals surface area contributed by atoms with Crippen LogP contribution in [0.5, 0.6) is 0 Å². The van der Waals surface area contributed by atoms with Gasteiger partial charge in [-0.15, -0.1) is 0 Å². The van der Waals surface area contributed by atoms with Crippen LogP contribution in [0.3, 0.4) is 0 Å². The topological polar surface area (TPSA) is 92.8 Å². The van der Waals surface area contributed by atoms with Crippen molar-refractivity contribution in [1.82, 2.24) is 0 Å². The van der Waals surface area contributed by atoms with Crippen molar-refractivity contribution in [3.8, 4) is 0 Å². The molecule has 178 valence electrons. The average molecular weight is 501 g/mol. The third kappa shape index (κ3) is 5.76. The molecule has 7 nitrogen and oxygen atoms in total. The van der Waals surface area contributed by atoms with Crippen molar-refractivity contribution < 1.29 is 22.7 Å². The van der Waals surface area contributed by atoms with Crippen LogP contribution in [-0.4, -0.2) is 33.4 Å². The maximum absolute atomic E-state index is 13.5. The average Bonchev–Trinajstić information content (AvgIpc) is 2.81. The van der Waals surface area contributed by atoms with Crippen LogP contribution in [0.15, 0.2) is 71.6 Å². The number of anilines is 2. The first-order valence-corrected chi connectivity index (χ1v) is 12.4. The number of carbonyl (C=O) groups excluding carboxylic acids is 2. The first kappa shape index (κ1) is 25.3. The smallest absolute Gasteiger partial charge is 0.338 e. The van der Waals surface area contributed by atoms with Gasteiger partial charge in [-0.25, -0.2) is 13.2 Å². The van der Waals surface area contributed by atoms with Crippen LogP contribution < -0.4 is 9.62 Å². The summed E-state index contributed by atoms with van der Waals surface area (Å²) in [6.45, 7) is 4.93. The Kier molecular flexibility index (Phi) is 7.96. The van der Waals surface area contributed by atoms with E-state index in [1.807, 2.05) is 0 Å². The largest absolute Gasteiger partial charge is 0.462 e. The van der Waals surface area contributed by atoms with E-state index in [1.165, 1.54) is 24.3 Å². The van der Waals surface area contributed by atoms with Gasteiger partial charge >= 0.3 is 5.97 Å². The van der Waals surface area contributed by atoms with Gasteiger partial charge in [-0.2, -0.15) is 0 Å². The van der Waals surface area contributed by atoms with Crippen molar-refractivity contribution in [2.24, 2.45) is 0 Å². The predicted octanol–water partition coefficient (Wildman–Crippen LogP) is 4.97. The van der Waals surface area contributed by atoms with E-state index in [0.29, 0.717) is 27.5 Å². The molecule has 0 bridgehead atoms. The van der Waals surface area contributed by atoms with Gasteiger partial charge in [0.25, 0.3) is 10.0 Å². The van der Waals surface area contributed by atoms with Gasteiger partial charge < -0.3 is 10.1 Å². The van der Waals surface area contributed by atoms with E-state index in [2.05, 4.69) is 5.32 Å². The molecular weight excluding hydrogens is 476 g/mol. The van der Waals surface area contributed by atoms with E-state index in [1.54, 1.807) is 63.2 Å². The van der Waals surface area contributed by atoms with Crippen molar-refractivity contribution in [2.45, 2.75) is 25.7 Å². The Morgan fingerprint density at radius 3 is 2.32 bits per heavy atom. The molecular formula is C25H25ClN2O5S. The molecule has 0 unspecified atom stereocenters. The molecule has 1 amide bonds. The predicted molar refractivity (Wildman–Crippen MR) is 133 cm³/mol. The third-order valence-electron chi connectivity index (χ3n) is 5.08. The van der Waals surface area contributed by atoms with Crippen LogP contribution >= 0.6 is 11.6 Å². The number of nitrogens with zero attached hydrogens (tertiary/aromatic N) is 1. The molecule has 0 atom stereocenters. The molecule has 0 fully saturated rings. The van der Waals surface area contributed by atoms with Crippen molar-refractivity contribution in [3.63, 3.8) is 0 Å². The Hall–Kier alpha value is -3.36. The number of carbonyl (C=O) groups is 2. The second kappa shape index (κ2) is 10.7. The summed E-state index contributed by atoms with van der Waals surface area (Å²) < 4.78 is 33.1. The highest BCUT2D eigenvalue weighted by Crippen LogP contribution is 2.29. The number of nitrogens with one attached hydrogen (secondary N) is 1. The summed E-state index contributed by atoms with van der Waals surface area (Å²) in [4.78, 5) is 25.2. The van der Waals surface area contributed by atoms with Gasteiger partial charge in [0, 0.05) is 10.7 Å². The van der Waals surface area contributed by atoms with E-state index in [4.69, 9.17) is 16.3 Å². The van der Waals surface area contributed by atoms with Crippen molar-refractivity contribution in [1.29, 1.82) is 0 Å². The van der Waals surface area contributed by atoms with E-state index < -0.39 is 28.4 Å². The number of halogens is 1. The van der Waals surface area contributed by atoms with Crippen LogP contribution in [0.4, 0.5) is 11.4 Å². The zero-order chi connectivity index (χ0) is 24.9. The molecule has 9 heteroatoms. The lowest BCUT2D eigenvalue weighted by Gasteiger charge is -2.26. The zero-order valence-corrected chi connectivity index (χ0v) is 20.6. The monoisotopic (exact) mass is 500 g/mol. The fraction of sp³-hybridized carbons (Fsp3) is 0.200. The molecule has 3 aromatic carbocycles. The maximum Gasteiger partial charge on any atom is 0.338 e. The summed E-state index contributed by atoms with van der Waals surface area (Å²) in [7, 11) is -4.08. The second-order valence-corrected chi connectivity index (χ2v) is 9.85. The third-order valence-corrected chi connectivity index (χ3v) is 7.09. The number of hydrogen-bond acceptors (Lipinski definition) is 5. The van der Waals surface area contributed by atoms with E-state index in [-0.39, 0.29) is 17.1 Å². The molecule has 0 radical (unpaired) electrons. The van der Waals surface area contributed by atoms with Crippen LogP contribution in [0, 0.1) is 13.8 Å². The number of benzene rings is 3. The van der Waals surface area contributed by atoms with Gasteiger partial charge in [0.1, 0.15) is 6.54 Å². The minimum absolute atomic E-state index is 0.0441. The minimum Gasteiger partial charge on any atom is -0.462 e. The van der Waals surface area contributed by atoms with Crippen molar-refractivity contribution in [2.75, 3.05) is 22.8 Å². The summed E-state index contributed by atoms with van der Waals surface area (Å²) in [5.74, 6) is -1.09. The molecule has 3 aromatic rings. The quantitative estimate of drug-likeness (QED) is 0.441. The first-order chi connectivity index (χ1) is 16.1. The molecule has 1 N–H and O–H groups in total. The zero-order valence-electron chi connectivity index (χ0n) is 19.0. The van der Waals surface area contributed by atoms with Gasteiger partial charge in [0.15, 0.2) is 0 Å². The van der Waals surface area contributed by atoms with Crippen LogP contribution in [0.25, 0.3) is 0 Å². The molecule has 0 spiro atoms. The molecule has 0 heterocycles. The number of sulfonamides is 1. The second-order valence-electron chi connectivity index (χ2n) is 7.55. The standard InChI is InChI=1S/C25H25ClN2O5S/c1-4-33-25(30)19-12-10-17(2)22(14-19)27-24(29)16-28(23-15-20(26)13-11-18(23)3)34(31,32)21-8-6-5-7-9-21/h5-15H,4,16H2,1-3H3,(H,27,29). The van der Waals surface area contributed by atoms with Gasteiger partial charge in [-0.05, 0) is 68.3 Å². The highest BCUT2D eigenvalue weighted by Gasteiger charge is 2.28.